The van der Waals surface area contributed by atoms with E-state index >= 15 is 0 Å². The highest BCUT2D eigenvalue weighted by Gasteiger charge is 2.14. The van der Waals surface area contributed by atoms with Crippen LogP contribution in [-0.4, -0.2) is 34.2 Å². The normalized spacial score (nSPS) is 11.0. The first-order valence-corrected chi connectivity index (χ1v) is 7.91. The Kier molecular flexibility index (Phi) is 6.11. The van der Waals surface area contributed by atoms with Crippen LogP contribution in [0.15, 0.2) is 35.9 Å². The van der Waals surface area contributed by atoms with Gasteiger partial charge >= 0.3 is 0 Å². The van der Waals surface area contributed by atoms with Crippen molar-refractivity contribution < 1.29 is 23.7 Å². The number of hydrogen-bond donors (Lipinski definition) is 1. The van der Waals surface area contributed by atoms with Crippen molar-refractivity contribution in [3.63, 3.8) is 0 Å². The van der Waals surface area contributed by atoms with E-state index in [9.17, 15) is 4.79 Å². The Morgan fingerprint density at radius 2 is 1.46 bits per heavy atom. The number of hydrogen-bond acceptors (Lipinski definition) is 6. The summed E-state index contributed by atoms with van der Waals surface area (Å²) in [6.07, 6.45) is 1.76. The molecule has 0 saturated carbocycles. The molecule has 0 aliphatic rings. The lowest BCUT2D eigenvalue weighted by Crippen LogP contribution is -2.03. The van der Waals surface area contributed by atoms with Gasteiger partial charge in [0.05, 0.1) is 34.1 Å². The number of ketones is 1. The first-order valence-electron chi connectivity index (χ1n) is 7.91. The minimum absolute atomic E-state index is 0.131. The van der Waals surface area contributed by atoms with Crippen LogP contribution in [0, 0.1) is 0 Å². The molecule has 138 valence electrons. The quantitative estimate of drug-likeness (QED) is 0.463. The molecule has 2 aromatic carbocycles. The van der Waals surface area contributed by atoms with Crippen molar-refractivity contribution in [3.8, 4) is 23.0 Å². The van der Waals surface area contributed by atoms with Crippen LogP contribution in [0.4, 0.5) is 5.69 Å². The molecule has 0 aromatic heterocycles. The molecule has 0 aliphatic carbocycles. The van der Waals surface area contributed by atoms with Crippen molar-refractivity contribution in [2.45, 2.75) is 6.92 Å². The summed E-state index contributed by atoms with van der Waals surface area (Å²) in [6.45, 7) is 1.74. The molecule has 2 rings (SSSR count). The Morgan fingerprint density at radius 1 is 0.885 bits per heavy atom. The van der Waals surface area contributed by atoms with E-state index in [1.54, 1.807) is 64.7 Å². The van der Waals surface area contributed by atoms with Gasteiger partial charge in [-0.05, 0) is 54.5 Å². The van der Waals surface area contributed by atoms with Crippen LogP contribution >= 0.6 is 0 Å². The fourth-order valence-corrected chi connectivity index (χ4v) is 2.60. The Morgan fingerprint density at radius 3 is 1.92 bits per heavy atom. The summed E-state index contributed by atoms with van der Waals surface area (Å²) < 4.78 is 21.1. The van der Waals surface area contributed by atoms with Crippen LogP contribution in [0.2, 0.25) is 0 Å². The molecule has 0 fully saturated rings. The predicted octanol–water partition coefficient (Wildman–Crippen LogP) is 3.59. The topological polar surface area (TPSA) is 80.0 Å². The van der Waals surface area contributed by atoms with Crippen LogP contribution < -0.4 is 24.7 Å². The molecule has 26 heavy (non-hydrogen) atoms. The molecule has 0 saturated heterocycles. The maximum atomic E-state index is 12.7. The second kappa shape index (κ2) is 8.29. The third-order valence-electron chi connectivity index (χ3n) is 3.92. The molecule has 0 amide bonds. The molecule has 2 aromatic rings. The van der Waals surface area contributed by atoms with E-state index < -0.39 is 0 Å². The average Bonchev–Trinajstić information content (AvgIpc) is 2.66. The van der Waals surface area contributed by atoms with Crippen molar-refractivity contribution in [2.24, 2.45) is 0 Å². The average molecular weight is 357 g/mol. The summed E-state index contributed by atoms with van der Waals surface area (Å²) in [5.74, 6) is 1.94. The second-order valence-corrected chi connectivity index (χ2v) is 5.57. The van der Waals surface area contributed by atoms with Gasteiger partial charge in [0.25, 0.3) is 0 Å². The van der Waals surface area contributed by atoms with E-state index in [-0.39, 0.29) is 5.78 Å². The number of anilines is 1. The SMILES string of the molecule is COc1ccc(C(=O)C(C)=Cc2cc(OC)c(OC)c(OC)c2)cc1N. The number of carbonyl (C=O) groups is 1. The highest BCUT2D eigenvalue weighted by atomic mass is 16.5. The number of ether oxygens (including phenoxy) is 4. The van der Waals surface area contributed by atoms with Crippen LogP contribution in [0.3, 0.4) is 0 Å². The maximum Gasteiger partial charge on any atom is 0.203 e. The molecule has 0 heterocycles. The van der Waals surface area contributed by atoms with E-state index in [4.69, 9.17) is 24.7 Å². The molecule has 0 unspecified atom stereocenters. The molecule has 0 bridgehead atoms. The lowest BCUT2D eigenvalue weighted by Gasteiger charge is -2.13. The van der Waals surface area contributed by atoms with E-state index in [0.29, 0.717) is 39.8 Å². The molecule has 2 N–H and O–H groups in total. The van der Waals surface area contributed by atoms with Gasteiger partial charge in [-0.3, -0.25) is 4.79 Å². The monoisotopic (exact) mass is 357 g/mol. The van der Waals surface area contributed by atoms with Crippen molar-refractivity contribution in [3.05, 3.63) is 47.0 Å². The van der Waals surface area contributed by atoms with Gasteiger partial charge < -0.3 is 24.7 Å². The number of Topliss-reactive ketones (excluding diaryl/α,β-unsaturated/α-hetero) is 1. The lowest BCUT2D eigenvalue weighted by atomic mass is 10.0. The van der Waals surface area contributed by atoms with Crippen molar-refractivity contribution in [2.75, 3.05) is 34.2 Å². The molecule has 0 radical (unpaired) electrons. The molecular formula is C20H23NO5. The smallest absolute Gasteiger partial charge is 0.203 e. The summed E-state index contributed by atoms with van der Waals surface area (Å²) >= 11 is 0. The van der Waals surface area contributed by atoms with Crippen molar-refractivity contribution >= 4 is 17.5 Å². The third-order valence-corrected chi connectivity index (χ3v) is 3.92. The van der Waals surface area contributed by atoms with Crippen molar-refractivity contribution in [1.29, 1.82) is 0 Å². The molecule has 6 nitrogen and oxygen atoms in total. The first kappa shape index (κ1) is 19.2. The highest BCUT2D eigenvalue weighted by Crippen LogP contribution is 2.38. The molecular weight excluding hydrogens is 334 g/mol. The molecule has 6 heteroatoms. The Bertz CT molecular complexity index is 817. The van der Waals surface area contributed by atoms with Gasteiger partial charge in [-0.15, -0.1) is 0 Å². The van der Waals surface area contributed by atoms with E-state index in [1.807, 2.05) is 0 Å². The standard InChI is InChI=1S/C20H23NO5/c1-12(19(22)14-6-7-16(23-2)15(21)11-14)8-13-9-17(24-3)20(26-5)18(10-13)25-4/h6-11H,21H2,1-5H3. The van der Waals surface area contributed by atoms with Gasteiger partial charge in [-0.2, -0.15) is 0 Å². The first-order chi connectivity index (χ1) is 12.4. The minimum Gasteiger partial charge on any atom is -0.495 e. The predicted molar refractivity (Wildman–Crippen MR) is 101 cm³/mol. The fraction of sp³-hybridized carbons (Fsp3) is 0.250. The lowest BCUT2D eigenvalue weighted by molar-refractivity contribution is 0.103. The number of rotatable bonds is 7. The zero-order valence-electron chi connectivity index (χ0n) is 15.6. The van der Waals surface area contributed by atoms with Crippen LogP contribution in [-0.2, 0) is 0 Å². The van der Waals surface area contributed by atoms with E-state index in [1.165, 1.54) is 7.11 Å². The fourth-order valence-electron chi connectivity index (χ4n) is 2.60. The number of methoxy groups -OCH3 is 4. The summed E-state index contributed by atoms with van der Waals surface area (Å²) in [5.41, 5.74) is 8.09. The van der Waals surface area contributed by atoms with Gasteiger partial charge in [0.1, 0.15) is 5.75 Å². The highest BCUT2D eigenvalue weighted by molar-refractivity contribution is 6.11. The maximum absolute atomic E-state index is 12.7. The number of allylic oxidation sites excluding steroid dienone is 1. The zero-order chi connectivity index (χ0) is 19.3. The Hall–Kier alpha value is -3.15. The van der Waals surface area contributed by atoms with Gasteiger partial charge in [-0.25, -0.2) is 0 Å². The van der Waals surface area contributed by atoms with Crippen LogP contribution in [0.25, 0.3) is 6.08 Å². The third kappa shape index (κ3) is 3.91. The van der Waals surface area contributed by atoms with E-state index in [2.05, 4.69) is 0 Å². The van der Waals surface area contributed by atoms with Gasteiger partial charge in [0.2, 0.25) is 5.75 Å². The number of benzene rings is 2. The number of carbonyl (C=O) groups excluding carboxylic acids is 1. The largest absolute Gasteiger partial charge is 0.495 e. The molecule has 0 atom stereocenters. The summed E-state index contributed by atoms with van der Waals surface area (Å²) in [6, 6.07) is 8.52. The summed E-state index contributed by atoms with van der Waals surface area (Å²) in [7, 11) is 6.16. The zero-order valence-corrected chi connectivity index (χ0v) is 15.6. The van der Waals surface area contributed by atoms with Crippen LogP contribution in [0.5, 0.6) is 23.0 Å². The van der Waals surface area contributed by atoms with Crippen molar-refractivity contribution in [1.82, 2.24) is 0 Å². The van der Waals surface area contributed by atoms with Gasteiger partial charge in [0, 0.05) is 5.56 Å². The van der Waals surface area contributed by atoms with E-state index in [0.717, 1.165) is 5.56 Å². The minimum atomic E-state index is -0.131. The Labute approximate surface area is 153 Å². The number of nitrogen functional groups attached to an aromatic ring is 1. The van der Waals surface area contributed by atoms with Gasteiger partial charge in [-0.1, -0.05) is 0 Å². The summed E-state index contributed by atoms with van der Waals surface area (Å²) in [5, 5.41) is 0. The number of nitrogens with two attached hydrogens (primary N) is 1. The molecule has 0 spiro atoms. The second-order valence-electron chi connectivity index (χ2n) is 5.57. The molecule has 0 aliphatic heterocycles. The summed E-state index contributed by atoms with van der Waals surface area (Å²) in [4.78, 5) is 12.7. The van der Waals surface area contributed by atoms with Gasteiger partial charge in [0.15, 0.2) is 17.3 Å². The Balaban J connectivity index is 2.39. The van der Waals surface area contributed by atoms with Crippen LogP contribution in [0.1, 0.15) is 22.8 Å².